The van der Waals surface area contributed by atoms with Crippen LogP contribution in [0.15, 0.2) is 15.8 Å². The second-order valence-electron chi connectivity index (χ2n) is 3.83. The van der Waals surface area contributed by atoms with Gasteiger partial charge in [-0.1, -0.05) is 6.92 Å². The summed E-state index contributed by atoms with van der Waals surface area (Å²) in [6.07, 6.45) is 1.51. The summed E-state index contributed by atoms with van der Waals surface area (Å²) in [7, 11) is 1.38. The molecule has 1 aromatic rings. The van der Waals surface area contributed by atoms with Crippen LogP contribution in [0.4, 0.5) is 5.69 Å². The smallest absolute Gasteiger partial charge is 0.317 e. The molecule has 1 aromatic heterocycles. The predicted molar refractivity (Wildman–Crippen MR) is 65.8 cm³/mol. The molecule has 0 fully saturated rings. The van der Waals surface area contributed by atoms with Crippen LogP contribution in [0.25, 0.3) is 0 Å². The first-order valence-electron chi connectivity index (χ1n) is 5.64. The summed E-state index contributed by atoms with van der Waals surface area (Å²) >= 11 is 0. The zero-order valence-electron chi connectivity index (χ0n) is 10.4. The van der Waals surface area contributed by atoms with E-state index in [1.165, 1.54) is 7.05 Å². The van der Waals surface area contributed by atoms with Gasteiger partial charge in [-0.3, -0.25) is 24.0 Å². The summed E-state index contributed by atoms with van der Waals surface area (Å²) < 4.78 is 1.95. The van der Waals surface area contributed by atoms with Crippen molar-refractivity contribution < 1.29 is 4.92 Å². The summed E-state index contributed by atoms with van der Waals surface area (Å²) in [5.74, 6) is 0. The monoisotopic (exact) mass is 256 g/mol. The van der Waals surface area contributed by atoms with E-state index < -0.39 is 21.9 Å². The maximum atomic E-state index is 11.7. The van der Waals surface area contributed by atoms with Crippen molar-refractivity contribution in [2.45, 2.75) is 19.9 Å². The van der Waals surface area contributed by atoms with Gasteiger partial charge in [-0.15, -0.1) is 0 Å². The van der Waals surface area contributed by atoms with Gasteiger partial charge in [0.05, 0.1) is 11.1 Å². The van der Waals surface area contributed by atoms with Crippen molar-refractivity contribution in [2.24, 2.45) is 7.05 Å². The molecule has 1 N–H and O–H groups in total. The second kappa shape index (κ2) is 6.10. The Labute approximate surface area is 103 Å². The van der Waals surface area contributed by atoms with Crippen LogP contribution in [-0.4, -0.2) is 27.1 Å². The highest BCUT2D eigenvalue weighted by Crippen LogP contribution is 1.99. The lowest BCUT2D eigenvalue weighted by atomic mass is 10.4. The molecule has 0 atom stereocenters. The third-order valence-electron chi connectivity index (χ3n) is 2.49. The number of nitrogens with one attached hydrogen (secondary N) is 1. The summed E-state index contributed by atoms with van der Waals surface area (Å²) in [5, 5.41) is 13.7. The molecule has 0 aromatic carbocycles. The standard InChI is InChI=1S/C10H16N4O4/c1-3-11-5-4-6-13-9(15)8(14(17)18)7-12(2)10(13)16/h7,11H,3-6H2,1-2H3. The molecule has 100 valence electrons. The van der Waals surface area contributed by atoms with Crippen LogP contribution < -0.4 is 16.6 Å². The van der Waals surface area contributed by atoms with Gasteiger partial charge in [-0.05, 0) is 19.5 Å². The Morgan fingerprint density at radius 2 is 2.11 bits per heavy atom. The molecule has 0 aliphatic rings. The van der Waals surface area contributed by atoms with E-state index in [1.54, 1.807) is 0 Å². The number of hydrogen-bond donors (Lipinski definition) is 1. The quantitative estimate of drug-likeness (QED) is 0.418. The van der Waals surface area contributed by atoms with E-state index in [9.17, 15) is 19.7 Å². The van der Waals surface area contributed by atoms with Crippen molar-refractivity contribution in [3.05, 3.63) is 37.1 Å². The highest BCUT2D eigenvalue weighted by molar-refractivity contribution is 5.21. The number of aryl methyl sites for hydroxylation is 1. The molecular weight excluding hydrogens is 240 g/mol. The van der Waals surface area contributed by atoms with Crippen molar-refractivity contribution in [1.29, 1.82) is 0 Å². The van der Waals surface area contributed by atoms with Gasteiger partial charge in [-0.25, -0.2) is 4.79 Å². The molecule has 0 amide bonds. The number of nitrogens with zero attached hydrogens (tertiary/aromatic N) is 3. The van der Waals surface area contributed by atoms with Gasteiger partial charge >= 0.3 is 16.9 Å². The molecule has 0 radical (unpaired) electrons. The molecule has 1 heterocycles. The van der Waals surface area contributed by atoms with Gasteiger partial charge < -0.3 is 5.32 Å². The van der Waals surface area contributed by atoms with E-state index in [1.807, 2.05) is 6.92 Å². The average molecular weight is 256 g/mol. The number of rotatable bonds is 6. The zero-order chi connectivity index (χ0) is 13.7. The molecule has 0 aliphatic carbocycles. The Balaban J connectivity index is 3.06. The molecule has 0 saturated carbocycles. The summed E-state index contributed by atoms with van der Waals surface area (Å²) in [4.78, 5) is 33.3. The van der Waals surface area contributed by atoms with E-state index in [2.05, 4.69) is 5.32 Å². The molecular formula is C10H16N4O4. The SMILES string of the molecule is CCNCCCn1c(=O)c([N+](=O)[O-])cn(C)c1=O. The first-order valence-corrected chi connectivity index (χ1v) is 5.64. The molecule has 0 bridgehead atoms. The van der Waals surface area contributed by atoms with Crippen LogP contribution >= 0.6 is 0 Å². The Morgan fingerprint density at radius 3 is 2.67 bits per heavy atom. The maximum Gasteiger partial charge on any atom is 0.350 e. The molecule has 8 heteroatoms. The fourth-order valence-electron chi connectivity index (χ4n) is 1.57. The Morgan fingerprint density at radius 1 is 1.44 bits per heavy atom. The number of hydrogen-bond acceptors (Lipinski definition) is 5. The third kappa shape index (κ3) is 3.04. The Bertz CT molecular complexity index is 546. The minimum absolute atomic E-state index is 0.167. The Hall–Kier alpha value is -1.96. The van der Waals surface area contributed by atoms with Crippen molar-refractivity contribution in [3.8, 4) is 0 Å². The largest absolute Gasteiger partial charge is 0.350 e. The lowest BCUT2D eigenvalue weighted by Crippen LogP contribution is -2.40. The Kier molecular flexibility index (Phi) is 4.78. The van der Waals surface area contributed by atoms with Gasteiger partial charge in [-0.2, -0.15) is 0 Å². The van der Waals surface area contributed by atoms with Crippen molar-refractivity contribution in [2.75, 3.05) is 13.1 Å². The fourth-order valence-corrected chi connectivity index (χ4v) is 1.57. The van der Waals surface area contributed by atoms with Crippen molar-refractivity contribution in [1.82, 2.24) is 14.5 Å². The molecule has 0 saturated heterocycles. The second-order valence-corrected chi connectivity index (χ2v) is 3.83. The summed E-state index contributed by atoms with van der Waals surface area (Å²) in [6, 6.07) is 0. The van der Waals surface area contributed by atoms with E-state index in [0.29, 0.717) is 13.0 Å². The molecule has 0 aliphatic heterocycles. The third-order valence-corrected chi connectivity index (χ3v) is 2.49. The molecule has 0 unspecified atom stereocenters. The zero-order valence-corrected chi connectivity index (χ0v) is 10.4. The first kappa shape index (κ1) is 14.1. The van der Waals surface area contributed by atoms with E-state index in [0.717, 1.165) is 21.9 Å². The number of nitro groups is 1. The topological polar surface area (TPSA) is 99.2 Å². The molecule has 8 nitrogen and oxygen atoms in total. The van der Waals surface area contributed by atoms with E-state index in [-0.39, 0.29) is 6.54 Å². The lowest BCUT2D eigenvalue weighted by Gasteiger charge is -2.07. The van der Waals surface area contributed by atoms with Gasteiger partial charge in [0, 0.05) is 13.6 Å². The highest BCUT2D eigenvalue weighted by atomic mass is 16.6. The maximum absolute atomic E-state index is 11.7. The predicted octanol–water partition coefficient (Wildman–Crippen LogP) is -0.545. The molecule has 0 spiro atoms. The van der Waals surface area contributed by atoms with Gasteiger partial charge in [0.2, 0.25) is 0 Å². The van der Waals surface area contributed by atoms with E-state index in [4.69, 9.17) is 0 Å². The van der Waals surface area contributed by atoms with Gasteiger partial charge in [0.15, 0.2) is 0 Å². The van der Waals surface area contributed by atoms with Crippen molar-refractivity contribution >= 4 is 5.69 Å². The number of aromatic nitrogens is 2. The van der Waals surface area contributed by atoms with Gasteiger partial charge in [0.1, 0.15) is 0 Å². The van der Waals surface area contributed by atoms with Crippen LogP contribution in [0, 0.1) is 10.1 Å². The highest BCUT2D eigenvalue weighted by Gasteiger charge is 2.18. The van der Waals surface area contributed by atoms with Crippen molar-refractivity contribution in [3.63, 3.8) is 0 Å². The van der Waals surface area contributed by atoms with Crippen LogP contribution in [0.1, 0.15) is 13.3 Å². The van der Waals surface area contributed by atoms with Crippen LogP contribution in [0.3, 0.4) is 0 Å². The molecule has 1 rings (SSSR count). The fraction of sp³-hybridized carbons (Fsp3) is 0.600. The van der Waals surface area contributed by atoms with Crippen LogP contribution in [0.5, 0.6) is 0 Å². The lowest BCUT2D eigenvalue weighted by molar-refractivity contribution is -0.387. The minimum atomic E-state index is -0.848. The van der Waals surface area contributed by atoms with Crippen LogP contribution in [0.2, 0.25) is 0 Å². The van der Waals surface area contributed by atoms with E-state index >= 15 is 0 Å². The first-order chi connectivity index (χ1) is 8.49. The van der Waals surface area contributed by atoms with Gasteiger partial charge in [0.25, 0.3) is 0 Å². The average Bonchev–Trinajstić information content (AvgIpc) is 2.32. The summed E-state index contributed by atoms with van der Waals surface area (Å²) in [6.45, 7) is 3.55. The van der Waals surface area contributed by atoms with Crippen LogP contribution in [-0.2, 0) is 13.6 Å². The minimum Gasteiger partial charge on any atom is -0.317 e. The normalized spacial score (nSPS) is 10.6. The summed E-state index contributed by atoms with van der Waals surface area (Å²) in [5.41, 5.74) is -1.97. The molecule has 18 heavy (non-hydrogen) atoms.